The zero-order valence-corrected chi connectivity index (χ0v) is 13.4. The molecule has 0 aromatic heterocycles. The van der Waals surface area contributed by atoms with E-state index in [1.165, 1.54) is 12.8 Å². The van der Waals surface area contributed by atoms with Crippen LogP contribution < -0.4 is 15.4 Å². The van der Waals surface area contributed by atoms with Gasteiger partial charge in [-0.2, -0.15) is 0 Å². The third kappa shape index (κ3) is 3.61. The number of nitrogens with one attached hydrogen (secondary N) is 2. The Hall–Kier alpha value is -1.55. The maximum atomic E-state index is 12.5. The third-order valence-corrected chi connectivity index (χ3v) is 4.86. The molecule has 1 heterocycles. The molecule has 0 spiro atoms. The largest absolute Gasteiger partial charge is 0.490 e. The van der Waals surface area contributed by atoms with Crippen molar-refractivity contribution >= 4 is 11.6 Å². The summed E-state index contributed by atoms with van der Waals surface area (Å²) in [6.07, 6.45) is 7.21. The molecule has 1 aliphatic heterocycles. The molecule has 1 aliphatic carbocycles. The average Bonchev–Trinajstić information content (AvgIpc) is 3.03. The predicted molar refractivity (Wildman–Crippen MR) is 88.2 cm³/mol. The van der Waals surface area contributed by atoms with Gasteiger partial charge >= 0.3 is 0 Å². The minimum Gasteiger partial charge on any atom is -0.490 e. The molecule has 1 amide bonds. The lowest BCUT2D eigenvalue weighted by Gasteiger charge is -2.32. The van der Waals surface area contributed by atoms with Crippen LogP contribution in [-0.4, -0.2) is 25.1 Å². The smallest absolute Gasteiger partial charge is 0.231 e. The summed E-state index contributed by atoms with van der Waals surface area (Å²) >= 11 is 0. The van der Waals surface area contributed by atoms with Crippen molar-refractivity contribution in [2.75, 3.05) is 18.4 Å². The van der Waals surface area contributed by atoms with Gasteiger partial charge in [0, 0.05) is 12.2 Å². The van der Waals surface area contributed by atoms with Gasteiger partial charge in [0.25, 0.3) is 0 Å². The average molecular weight is 302 g/mol. The Labute approximate surface area is 132 Å². The molecule has 1 saturated heterocycles. The van der Waals surface area contributed by atoms with E-state index < -0.39 is 0 Å². The molecule has 1 aromatic rings. The number of carbonyl (C=O) groups excluding carboxylic acids is 1. The van der Waals surface area contributed by atoms with Crippen LogP contribution in [0.5, 0.6) is 5.75 Å². The summed E-state index contributed by atoms with van der Waals surface area (Å²) in [7, 11) is 0. The highest BCUT2D eigenvalue weighted by Crippen LogP contribution is 2.28. The van der Waals surface area contributed by atoms with Crippen LogP contribution in [0.2, 0.25) is 0 Å². The summed E-state index contributed by atoms with van der Waals surface area (Å²) in [6, 6.07) is 7.77. The lowest BCUT2D eigenvalue weighted by atomic mass is 9.82. The predicted octanol–water partition coefficient (Wildman–Crippen LogP) is 3.34. The number of hydrogen-bond donors (Lipinski definition) is 2. The van der Waals surface area contributed by atoms with Gasteiger partial charge in [-0.3, -0.25) is 4.79 Å². The molecule has 2 N–H and O–H groups in total. The van der Waals surface area contributed by atoms with Crippen LogP contribution in [0, 0.1) is 5.41 Å². The minimum atomic E-state index is -0.308. The molecule has 1 saturated carbocycles. The molecule has 4 heteroatoms. The van der Waals surface area contributed by atoms with E-state index in [0.717, 1.165) is 50.2 Å². The number of benzene rings is 1. The molecule has 1 unspecified atom stereocenters. The van der Waals surface area contributed by atoms with Crippen LogP contribution in [0.1, 0.15) is 45.4 Å². The zero-order chi connectivity index (χ0) is 15.4. The normalized spacial score (nSPS) is 25.9. The monoisotopic (exact) mass is 302 g/mol. The number of rotatable bonds is 4. The molecular formula is C18H26N2O2. The highest BCUT2D eigenvalue weighted by atomic mass is 16.5. The van der Waals surface area contributed by atoms with E-state index in [1.54, 1.807) is 0 Å². The lowest BCUT2D eigenvalue weighted by Crippen LogP contribution is -2.46. The first-order valence-corrected chi connectivity index (χ1v) is 8.45. The second kappa shape index (κ2) is 6.69. The van der Waals surface area contributed by atoms with Gasteiger partial charge in [0.05, 0.1) is 11.5 Å². The van der Waals surface area contributed by atoms with Crippen LogP contribution in [0.4, 0.5) is 5.69 Å². The molecule has 0 bridgehead atoms. The second-order valence-corrected chi connectivity index (χ2v) is 6.84. The van der Waals surface area contributed by atoms with E-state index >= 15 is 0 Å². The van der Waals surface area contributed by atoms with Gasteiger partial charge in [0.1, 0.15) is 5.75 Å². The first-order valence-electron chi connectivity index (χ1n) is 8.45. The standard InChI is InChI=1S/C18H26N2O2/c1-18(11-4-12-19-13-18)17(21)20-14-7-9-16(10-8-14)22-15-5-2-3-6-15/h7-10,15,19H,2-6,11-13H2,1H3,(H,20,21). The maximum absolute atomic E-state index is 12.5. The quantitative estimate of drug-likeness (QED) is 0.897. The summed E-state index contributed by atoms with van der Waals surface area (Å²) in [5, 5.41) is 6.35. The van der Waals surface area contributed by atoms with Gasteiger partial charge in [0.2, 0.25) is 5.91 Å². The Morgan fingerprint density at radius 3 is 2.59 bits per heavy atom. The van der Waals surface area contributed by atoms with Crippen LogP contribution >= 0.6 is 0 Å². The van der Waals surface area contributed by atoms with Crippen molar-refractivity contribution in [3.8, 4) is 5.75 Å². The van der Waals surface area contributed by atoms with Crippen molar-refractivity contribution in [3.05, 3.63) is 24.3 Å². The van der Waals surface area contributed by atoms with Crippen LogP contribution in [0.25, 0.3) is 0 Å². The Kier molecular flexibility index (Phi) is 4.67. The molecule has 2 fully saturated rings. The first kappa shape index (κ1) is 15.3. The summed E-state index contributed by atoms with van der Waals surface area (Å²) in [5.74, 6) is 1.000. The molecule has 1 aromatic carbocycles. The van der Waals surface area contributed by atoms with E-state index in [2.05, 4.69) is 10.6 Å². The second-order valence-electron chi connectivity index (χ2n) is 6.84. The van der Waals surface area contributed by atoms with E-state index in [1.807, 2.05) is 31.2 Å². The summed E-state index contributed by atoms with van der Waals surface area (Å²) in [4.78, 5) is 12.5. The zero-order valence-electron chi connectivity index (χ0n) is 13.4. The molecule has 0 radical (unpaired) electrons. The number of carbonyl (C=O) groups is 1. The molecule has 2 aliphatic rings. The maximum Gasteiger partial charge on any atom is 0.231 e. The van der Waals surface area contributed by atoms with E-state index in [4.69, 9.17) is 4.74 Å². The fourth-order valence-electron chi connectivity index (χ4n) is 3.35. The SMILES string of the molecule is CC1(C(=O)Nc2ccc(OC3CCCC3)cc2)CCCNC1. The van der Waals surface area contributed by atoms with Gasteiger partial charge in [-0.05, 0) is 76.3 Å². The van der Waals surface area contributed by atoms with E-state index in [9.17, 15) is 4.79 Å². The Morgan fingerprint density at radius 2 is 1.95 bits per heavy atom. The number of ether oxygens (including phenoxy) is 1. The highest BCUT2D eigenvalue weighted by Gasteiger charge is 2.34. The summed E-state index contributed by atoms with van der Waals surface area (Å²) in [6.45, 7) is 3.80. The molecule has 22 heavy (non-hydrogen) atoms. The molecule has 120 valence electrons. The summed E-state index contributed by atoms with van der Waals surface area (Å²) < 4.78 is 5.95. The molecule has 4 nitrogen and oxygen atoms in total. The van der Waals surface area contributed by atoms with Gasteiger partial charge in [-0.1, -0.05) is 0 Å². The number of piperidine rings is 1. The van der Waals surface area contributed by atoms with Crippen molar-refractivity contribution in [2.24, 2.45) is 5.41 Å². The fourth-order valence-corrected chi connectivity index (χ4v) is 3.35. The molecular weight excluding hydrogens is 276 g/mol. The van der Waals surface area contributed by atoms with Gasteiger partial charge in [-0.25, -0.2) is 0 Å². The highest BCUT2D eigenvalue weighted by molar-refractivity contribution is 5.95. The fraction of sp³-hybridized carbons (Fsp3) is 0.611. The van der Waals surface area contributed by atoms with E-state index in [-0.39, 0.29) is 11.3 Å². The van der Waals surface area contributed by atoms with Gasteiger partial charge in [0.15, 0.2) is 0 Å². The minimum absolute atomic E-state index is 0.101. The van der Waals surface area contributed by atoms with Crippen LogP contribution in [0.15, 0.2) is 24.3 Å². The first-order chi connectivity index (χ1) is 10.7. The number of hydrogen-bond acceptors (Lipinski definition) is 3. The Morgan fingerprint density at radius 1 is 1.23 bits per heavy atom. The van der Waals surface area contributed by atoms with Crippen molar-refractivity contribution in [1.82, 2.24) is 5.32 Å². The number of amides is 1. The van der Waals surface area contributed by atoms with Crippen LogP contribution in [0.3, 0.4) is 0 Å². The Bertz CT molecular complexity index is 500. The summed E-state index contributed by atoms with van der Waals surface area (Å²) in [5.41, 5.74) is 0.535. The van der Waals surface area contributed by atoms with Crippen LogP contribution in [-0.2, 0) is 4.79 Å². The topological polar surface area (TPSA) is 50.4 Å². The van der Waals surface area contributed by atoms with Gasteiger partial charge in [-0.15, -0.1) is 0 Å². The van der Waals surface area contributed by atoms with Gasteiger partial charge < -0.3 is 15.4 Å². The van der Waals surface area contributed by atoms with Crippen molar-refractivity contribution in [1.29, 1.82) is 0 Å². The molecule has 3 rings (SSSR count). The van der Waals surface area contributed by atoms with Crippen molar-refractivity contribution < 1.29 is 9.53 Å². The van der Waals surface area contributed by atoms with Crippen molar-refractivity contribution in [3.63, 3.8) is 0 Å². The lowest BCUT2D eigenvalue weighted by molar-refractivity contribution is -0.125. The molecule has 1 atom stereocenters. The van der Waals surface area contributed by atoms with E-state index in [0.29, 0.717) is 6.10 Å². The van der Waals surface area contributed by atoms with Crippen molar-refractivity contribution in [2.45, 2.75) is 51.6 Å². The third-order valence-electron chi connectivity index (χ3n) is 4.86. The number of anilines is 1. The Balaban J connectivity index is 1.57.